The van der Waals surface area contributed by atoms with Crippen molar-refractivity contribution in [2.45, 2.75) is 30.2 Å². The molecule has 0 radical (unpaired) electrons. The predicted molar refractivity (Wildman–Crippen MR) is 147 cm³/mol. The minimum atomic E-state index is -3.63. The number of hydrogen-bond acceptors (Lipinski definition) is 6. The van der Waals surface area contributed by atoms with Crippen molar-refractivity contribution < 1.29 is 8.42 Å². The SMILES string of the molecule is O=S(=O)(c1ccc2ccccc2c1)N1CCCC(c2cc(NCc3cccnc3)n3ncc(Br)c3n2)C1. The van der Waals surface area contributed by atoms with Gasteiger partial charge in [0.2, 0.25) is 10.0 Å². The van der Waals surface area contributed by atoms with Crippen LogP contribution in [0.5, 0.6) is 0 Å². The molecule has 8 nitrogen and oxygen atoms in total. The third-order valence-electron chi connectivity index (χ3n) is 6.81. The lowest BCUT2D eigenvalue weighted by atomic mass is 9.96. The molecule has 1 aliphatic heterocycles. The number of benzene rings is 2. The molecule has 1 N–H and O–H groups in total. The molecule has 10 heteroatoms. The lowest BCUT2D eigenvalue weighted by Crippen LogP contribution is -2.39. The van der Waals surface area contributed by atoms with Gasteiger partial charge in [-0.05, 0) is 63.3 Å². The molecule has 188 valence electrons. The van der Waals surface area contributed by atoms with Crippen LogP contribution in [-0.2, 0) is 16.6 Å². The fraction of sp³-hybridized carbons (Fsp3) is 0.222. The zero-order valence-corrected chi connectivity index (χ0v) is 22.4. The van der Waals surface area contributed by atoms with Crippen LogP contribution in [0.3, 0.4) is 0 Å². The first kappa shape index (κ1) is 24.0. The summed E-state index contributed by atoms with van der Waals surface area (Å²) in [5.41, 5.74) is 2.59. The Bertz CT molecular complexity index is 1690. The largest absolute Gasteiger partial charge is 0.366 e. The second-order valence-corrected chi connectivity index (χ2v) is 12.0. The Morgan fingerprint density at radius 1 is 1.03 bits per heavy atom. The number of hydrogen-bond donors (Lipinski definition) is 1. The molecule has 0 amide bonds. The Labute approximate surface area is 223 Å². The summed E-state index contributed by atoms with van der Waals surface area (Å²) >= 11 is 3.56. The molecule has 1 fully saturated rings. The summed E-state index contributed by atoms with van der Waals surface area (Å²) in [7, 11) is -3.63. The van der Waals surface area contributed by atoms with Crippen molar-refractivity contribution >= 4 is 48.2 Å². The van der Waals surface area contributed by atoms with Crippen molar-refractivity contribution in [1.29, 1.82) is 0 Å². The van der Waals surface area contributed by atoms with Crippen LogP contribution in [0, 0.1) is 0 Å². The van der Waals surface area contributed by atoms with Gasteiger partial charge in [-0.25, -0.2) is 13.4 Å². The number of halogens is 1. The first-order valence-electron chi connectivity index (χ1n) is 12.1. The Kier molecular flexibility index (Phi) is 6.39. The van der Waals surface area contributed by atoms with Crippen molar-refractivity contribution in [3.05, 3.63) is 95.0 Å². The van der Waals surface area contributed by atoms with E-state index in [1.165, 1.54) is 0 Å². The number of anilines is 1. The van der Waals surface area contributed by atoms with Crippen LogP contribution in [0.2, 0.25) is 0 Å². The maximum atomic E-state index is 13.6. The summed E-state index contributed by atoms with van der Waals surface area (Å²) in [5, 5.41) is 9.84. The van der Waals surface area contributed by atoms with Crippen molar-refractivity contribution in [3.8, 4) is 0 Å². The van der Waals surface area contributed by atoms with Crippen molar-refractivity contribution in [3.63, 3.8) is 0 Å². The molecule has 0 aliphatic carbocycles. The normalized spacial score (nSPS) is 16.8. The number of nitrogens with zero attached hydrogens (tertiary/aromatic N) is 5. The van der Waals surface area contributed by atoms with Gasteiger partial charge in [0.1, 0.15) is 5.82 Å². The molecule has 1 aliphatic rings. The minimum Gasteiger partial charge on any atom is -0.366 e. The molecule has 37 heavy (non-hydrogen) atoms. The standard InChI is InChI=1S/C27H25BrN6O2S/c28-24-17-31-34-26(30-16-19-5-3-11-29-15-19)14-25(32-27(24)34)22-8-4-12-33(18-22)37(35,36)23-10-9-20-6-1-2-7-21(20)13-23/h1-3,5-7,9-11,13-15,17,22,30H,4,8,12,16,18H2. The van der Waals surface area contributed by atoms with Crippen LogP contribution in [0.1, 0.15) is 30.0 Å². The summed E-state index contributed by atoms with van der Waals surface area (Å²) in [4.78, 5) is 9.39. The summed E-state index contributed by atoms with van der Waals surface area (Å²) in [5.74, 6) is 0.763. The number of piperidine rings is 1. The van der Waals surface area contributed by atoms with Gasteiger partial charge in [-0.1, -0.05) is 36.4 Å². The average molecular weight is 578 g/mol. The van der Waals surface area contributed by atoms with Gasteiger partial charge in [0.05, 0.1) is 21.3 Å². The average Bonchev–Trinajstić information content (AvgIpc) is 3.32. The van der Waals surface area contributed by atoms with E-state index < -0.39 is 10.0 Å². The number of nitrogens with one attached hydrogen (secondary N) is 1. The van der Waals surface area contributed by atoms with Gasteiger partial charge >= 0.3 is 0 Å². The Balaban J connectivity index is 1.30. The predicted octanol–water partition coefficient (Wildman–Crippen LogP) is 5.22. The molecule has 5 aromatic rings. The number of sulfonamides is 1. The van der Waals surface area contributed by atoms with Crippen molar-refractivity contribution in [1.82, 2.24) is 23.9 Å². The van der Waals surface area contributed by atoms with Gasteiger partial charge < -0.3 is 5.32 Å². The minimum absolute atomic E-state index is 0.0327. The van der Waals surface area contributed by atoms with Crippen LogP contribution < -0.4 is 5.32 Å². The van der Waals surface area contributed by atoms with E-state index in [0.717, 1.165) is 45.2 Å². The van der Waals surface area contributed by atoms with Gasteiger partial charge in [0, 0.05) is 44.0 Å². The molecule has 2 aromatic carbocycles. The van der Waals surface area contributed by atoms with Crippen LogP contribution in [0.15, 0.2) is 88.6 Å². The summed E-state index contributed by atoms with van der Waals surface area (Å²) in [6.45, 7) is 1.46. The first-order valence-corrected chi connectivity index (χ1v) is 14.4. The quantitative estimate of drug-likeness (QED) is 0.298. The summed E-state index contributed by atoms with van der Waals surface area (Å²) in [6.07, 6.45) is 6.92. The molecule has 1 atom stereocenters. The monoisotopic (exact) mass is 576 g/mol. The molecule has 3 aromatic heterocycles. The second kappa shape index (κ2) is 9.85. The lowest BCUT2D eigenvalue weighted by Gasteiger charge is -2.32. The third-order valence-corrected chi connectivity index (χ3v) is 9.23. The van der Waals surface area contributed by atoms with Crippen molar-refractivity contribution in [2.24, 2.45) is 0 Å². The van der Waals surface area contributed by atoms with E-state index in [-0.39, 0.29) is 5.92 Å². The molecule has 1 unspecified atom stereocenters. The van der Waals surface area contributed by atoms with Gasteiger partial charge in [-0.15, -0.1) is 0 Å². The highest BCUT2D eigenvalue weighted by molar-refractivity contribution is 9.10. The maximum Gasteiger partial charge on any atom is 0.243 e. The molecular weight excluding hydrogens is 552 g/mol. The topological polar surface area (TPSA) is 92.5 Å². The fourth-order valence-electron chi connectivity index (χ4n) is 4.86. The Hall–Kier alpha value is -3.34. The number of rotatable bonds is 6. The van der Waals surface area contributed by atoms with E-state index >= 15 is 0 Å². The van der Waals surface area contributed by atoms with E-state index in [1.807, 2.05) is 54.7 Å². The number of aromatic nitrogens is 4. The van der Waals surface area contributed by atoms with Gasteiger partial charge in [-0.2, -0.15) is 13.9 Å². The summed E-state index contributed by atoms with van der Waals surface area (Å²) < 4.78 is 31.4. The fourth-order valence-corrected chi connectivity index (χ4v) is 6.77. The van der Waals surface area contributed by atoms with Crippen LogP contribution in [0.25, 0.3) is 16.4 Å². The van der Waals surface area contributed by atoms with Gasteiger partial charge in [0.15, 0.2) is 5.65 Å². The maximum absolute atomic E-state index is 13.6. The smallest absolute Gasteiger partial charge is 0.243 e. The van der Waals surface area contributed by atoms with Crippen LogP contribution >= 0.6 is 15.9 Å². The highest BCUT2D eigenvalue weighted by Gasteiger charge is 2.32. The highest BCUT2D eigenvalue weighted by Crippen LogP contribution is 2.32. The molecule has 4 heterocycles. The van der Waals surface area contributed by atoms with E-state index in [0.29, 0.717) is 30.2 Å². The van der Waals surface area contributed by atoms with E-state index in [2.05, 4.69) is 31.3 Å². The molecule has 6 rings (SSSR count). The van der Waals surface area contributed by atoms with E-state index in [4.69, 9.17) is 4.98 Å². The third kappa shape index (κ3) is 4.72. The van der Waals surface area contributed by atoms with E-state index in [9.17, 15) is 8.42 Å². The molecular formula is C27H25BrN6O2S. The Morgan fingerprint density at radius 3 is 2.73 bits per heavy atom. The van der Waals surface area contributed by atoms with Crippen LogP contribution in [-0.4, -0.2) is 45.4 Å². The van der Waals surface area contributed by atoms with E-state index in [1.54, 1.807) is 33.3 Å². The Morgan fingerprint density at radius 2 is 1.89 bits per heavy atom. The highest BCUT2D eigenvalue weighted by atomic mass is 79.9. The van der Waals surface area contributed by atoms with Crippen molar-refractivity contribution in [2.75, 3.05) is 18.4 Å². The number of pyridine rings is 1. The van der Waals surface area contributed by atoms with Gasteiger partial charge in [0.25, 0.3) is 0 Å². The molecule has 1 saturated heterocycles. The first-order chi connectivity index (χ1) is 18.0. The zero-order valence-electron chi connectivity index (χ0n) is 20.0. The van der Waals surface area contributed by atoms with Gasteiger partial charge in [-0.3, -0.25) is 4.98 Å². The van der Waals surface area contributed by atoms with Crippen LogP contribution in [0.4, 0.5) is 5.82 Å². The summed E-state index contributed by atoms with van der Waals surface area (Å²) in [6, 6.07) is 19.0. The molecule has 0 bridgehead atoms. The zero-order chi connectivity index (χ0) is 25.4. The lowest BCUT2D eigenvalue weighted by molar-refractivity contribution is 0.313. The molecule has 0 saturated carbocycles. The second-order valence-electron chi connectivity index (χ2n) is 9.22. The molecule has 0 spiro atoms. The number of fused-ring (bicyclic) bond motifs is 2.